The molecule has 2 aliphatic carbocycles. The summed E-state index contributed by atoms with van der Waals surface area (Å²) in [6, 6.07) is 0. The number of cyclic esters (lactones) is 3. The zero-order valence-corrected chi connectivity index (χ0v) is 9.44. The van der Waals surface area contributed by atoms with E-state index in [0.29, 0.717) is 12.8 Å². The SMILES string of the molecule is O=C1OC(=O)C2CC1C1C3CC(C(O)OC3=O)C21. The second kappa shape index (κ2) is 3.12. The van der Waals surface area contributed by atoms with Gasteiger partial charge in [-0.05, 0) is 24.7 Å². The molecular weight excluding hydrogens is 240 g/mol. The summed E-state index contributed by atoms with van der Waals surface area (Å²) in [5.41, 5.74) is 0. The first-order chi connectivity index (χ1) is 8.58. The van der Waals surface area contributed by atoms with Crippen molar-refractivity contribution in [1.82, 2.24) is 0 Å². The molecule has 2 saturated heterocycles. The van der Waals surface area contributed by atoms with Crippen molar-refractivity contribution >= 4 is 17.9 Å². The topological polar surface area (TPSA) is 89.9 Å². The summed E-state index contributed by atoms with van der Waals surface area (Å²) in [6.45, 7) is 0. The van der Waals surface area contributed by atoms with E-state index in [4.69, 9.17) is 9.47 Å². The number of esters is 3. The van der Waals surface area contributed by atoms with Crippen LogP contribution in [-0.2, 0) is 23.9 Å². The molecule has 0 aromatic heterocycles. The molecule has 2 saturated carbocycles. The van der Waals surface area contributed by atoms with Crippen LogP contribution in [0.2, 0.25) is 0 Å². The average molecular weight is 252 g/mol. The molecule has 6 nitrogen and oxygen atoms in total. The maximum atomic E-state index is 11.8. The van der Waals surface area contributed by atoms with Gasteiger partial charge < -0.3 is 14.6 Å². The molecule has 0 aromatic carbocycles. The van der Waals surface area contributed by atoms with Gasteiger partial charge in [-0.2, -0.15) is 0 Å². The van der Waals surface area contributed by atoms with Crippen LogP contribution < -0.4 is 0 Å². The highest BCUT2D eigenvalue weighted by Crippen LogP contribution is 2.61. The summed E-state index contributed by atoms with van der Waals surface area (Å²) in [5, 5.41) is 9.81. The molecule has 0 aromatic rings. The molecule has 0 amide bonds. The molecule has 18 heavy (non-hydrogen) atoms. The number of hydrogen-bond acceptors (Lipinski definition) is 6. The Hall–Kier alpha value is -1.43. The van der Waals surface area contributed by atoms with Gasteiger partial charge in [0.05, 0.1) is 17.8 Å². The van der Waals surface area contributed by atoms with Crippen LogP contribution >= 0.6 is 0 Å². The third-order valence-corrected chi connectivity index (χ3v) is 5.08. The Morgan fingerprint density at radius 3 is 2.22 bits per heavy atom. The second-order valence-electron chi connectivity index (χ2n) is 5.68. The van der Waals surface area contributed by atoms with E-state index in [1.807, 2.05) is 0 Å². The summed E-state index contributed by atoms with van der Waals surface area (Å²) in [4.78, 5) is 35.2. The average Bonchev–Trinajstić information content (AvgIpc) is 2.79. The Kier molecular flexibility index (Phi) is 1.82. The molecule has 7 unspecified atom stereocenters. The van der Waals surface area contributed by atoms with Gasteiger partial charge in [0, 0.05) is 5.92 Å². The van der Waals surface area contributed by atoms with Crippen LogP contribution in [0.15, 0.2) is 0 Å². The Labute approximate surface area is 102 Å². The van der Waals surface area contributed by atoms with E-state index >= 15 is 0 Å². The second-order valence-corrected chi connectivity index (χ2v) is 5.68. The predicted molar refractivity (Wildman–Crippen MR) is 53.4 cm³/mol. The van der Waals surface area contributed by atoms with Crippen molar-refractivity contribution in [2.45, 2.75) is 19.1 Å². The molecule has 4 bridgehead atoms. The number of rotatable bonds is 0. The van der Waals surface area contributed by atoms with Crippen LogP contribution in [0.4, 0.5) is 0 Å². The van der Waals surface area contributed by atoms with Crippen molar-refractivity contribution in [2.24, 2.45) is 35.5 Å². The molecule has 7 atom stereocenters. The van der Waals surface area contributed by atoms with Crippen LogP contribution in [0, 0.1) is 35.5 Å². The monoisotopic (exact) mass is 252 g/mol. The van der Waals surface area contributed by atoms with Crippen LogP contribution in [0.25, 0.3) is 0 Å². The molecule has 2 aliphatic heterocycles. The van der Waals surface area contributed by atoms with E-state index in [-0.39, 0.29) is 35.5 Å². The lowest BCUT2D eigenvalue weighted by atomic mass is 9.83. The van der Waals surface area contributed by atoms with E-state index in [2.05, 4.69) is 0 Å². The van der Waals surface area contributed by atoms with Crippen molar-refractivity contribution in [1.29, 1.82) is 0 Å². The molecular formula is C12H12O6. The Balaban J connectivity index is 1.81. The zero-order valence-electron chi connectivity index (χ0n) is 9.44. The van der Waals surface area contributed by atoms with Crippen molar-refractivity contribution in [3.05, 3.63) is 0 Å². The molecule has 4 rings (SSSR count). The lowest BCUT2D eigenvalue weighted by Crippen LogP contribution is -2.39. The van der Waals surface area contributed by atoms with Gasteiger partial charge in [-0.25, -0.2) is 0 Å². The number of aliphatic hydroxyl groups is 1. The van der Waals surface area contributed by atoms with Crippen LogP contribution in [-0.4, -0.2) is 29.3 Å². The predicted octanol–water partition coefficient (Wildman–Crippen LogP) is -0.550. The van der Waals surface area contributed by atoms with Crippen molar-refractivity contribution in [2.75, 3.05) is 0 Å². The first kappa shape index (κ1) is 10.5. The number of hydrogen-bond donors (Lipinski definition) is 1. The van der Waals surface area contributed by atoms with Crippen LogP contribution in [0.1, 0.15) is 12.8 Å². The van der Waals surface area contributed by atoms with E-state index < -0.39 is 24.2 Å². The van der Waals surface area contributed by atoms with Gasteiger partial charge in [0.1, 0.15) is 0 Å². The smallest absolute Gasteiger partial charge is 0.316 e. The lowest BCUT2D eigenvalue weighted by molar-refractivity contribution is -0.194. The number of fused-ring (bicyclic) bond motifs is 9. The highest BCUT2D eigenvalue weighted by atomic mass is 16.6. The zero-order chi connectivity index (χ0) is 12.6. The number of carbonyl (C=O) groups excluding carboxylic acids is 3. The minimum Gasteiger partial charge on any atom is -0.435 e. The maximum absolute atomic E-state index is 11.8. The van der Waals surface area contributed by atoms with E-state index in [1.54, 1.807) is 0 Å². The number of aliphatic hydroxyl groups excluding tert-OH is 1. The van der Waals surface area contributed by atoms with E-state index in [1.165, 1.54) is 0 Å². The fraction of sp³-hybridized carbons (Fsp3) is 0.750. The van der Waals surface area contributed by atoms with Gasteiger partial charge in [-0.3, -0.25) is 14.4 Å². The third-order valence-electron chi connectivity index (χ3n) is 5.08. The maximum Gasteiger partial charge on any atom is 0.316 e. The van der Waals surface area contributed by atoms with Gasteiger partial charge in [0.15, 0.2) is 0 Å². The largest absolute Gasteiger partial charge is 0.435 e. The fourth-order valence-electron chi connectivity index (χ4n) is 4.48. The van der Waals surface area contributed by atoms with Crippen molar-refractivity contribution in [3.63, 3.8) is 0 Å². The first-order valence-electron chi connectivity index (χ1n) is 6.22. The van der Waals surface area contributed by atoms with Crippen molar-refractivity contribution < 1.29 is 29.0 Å². The summed E-state index contributed by atoms with van der Waals surface area (Å²) in [5.74, 6) is -3.15. The van der Waals surface area contributed by atoms with E-state index in [9.17, 15) is 19.5 Å². The standard InChI is InChI=1S/C12H12O6/c13-9-3-1-4(10(14)17-9)8-6-2-5(7(3)8)11(15)18-12(6)16/h3-9,13H,1-2H2. The van der Waals surface area contributed by atoms with Crippen LogP contribution in [0.3, 0.4) is 0 Å². The van der Waals surface area contributed by atoms with Gasteiger partial charge >= 0.3 is 17.9 Å². The fourth-order valence-corrected chi connectivity index (χ4v) is 4.48. The highest BCUT2D eigenvalue weighted by Gasteiger charge is 2.67. The molecule has 4 fully saturated rings. The van der Waals surface area contributed by atoms with Gasteiger partial charge in [0.2, 0.25) is 6.29 Å². The van der Waals surface area contributed by atoms with Gasteiger partial charge in [-0.15, -0.1) is 0 Å². The number of carbonyl (C=O) groups is 3. The van der Waals surface area contributed by atoms with Gasteiger partial charge in [-0.1, -0.05) is 0 Å². The minimum atomic E-state index is -1.15. The molecule has 6 heteroatoms. The number of ether oxygens (including phenoxy) is 2. The van der Waals surface area contributed by atoms with E-state index in [0.717, 1.165) is 0 Å². The van der Waals surface area contributed by atoms with Crippen molar-refractivity contribution in [3.8, 4) is 0 Å². The summed E-state index contributed by atoms with van der Waals surface area (Å²) in [6.07, 6.45) is -0.172. The molecule has 2 heterocycles. The molecule has 4 aliphatic rings. The van der Waals surface area contributed by atoms with Crippen LogP contribution in [0.5, 0.6) is 0 Å². The Morgan fingerprint density at radius 2 is 1.50 bits per heavy atom. The summed E-state index contributed by atoms with van der Waals surface area (Å²) < 4.78 is 9.63. The molecule has 1 N–H and O–H groups in total. The normalized spacial score (nSPS) is 52.9. The third kappa shape index (κ3) is 1.05. The summed E-state index contributed by atoms with van der Waals surface area (Å²) >= 11 is 0. The molecule has 0 radical (unpaired) electrons. The highest BCUT2D eigenvalue weighted by molar-refractivity contribution is 5.93. The lowest BCUT2D eigenvalue weighted by Gasteiger charge is -2.30. The molecule has 96 valence electrons. The minimum absolute atomic E-state index is 0.152. The quantitative estimate of drug-likeness (QED) is 0.353. The summed E-state index contributed by atoms with van der Waals surface area (Å²) in [7, 11) is 0. The Morgan fingerprint density at radius 1 is 0.889 bits per heavy atom. The Bertz CT molecular complexity index is 471. The molecule has 0 spiro atoms. The first-order valence-corrected chi connectivity index (χ1v) is 6.22. The van der Waals surface area contributed by atoms with Gasteiger partial charge in [0.25, 0.3) is 0 Å².